The van der Waals surface area contributed by atoms with Gasteiger partial charge in [-0.3, -0.25) is 9.36 Å². The zero-order chi connectivity index (χ0) is 17.3. The molecule has 0 spiro atoms. The fourth-order valence-electron chi connectivity index (χ4n) is 2.50. The van der Waals surface area contributed by atoms with Gasteiger partial charge in [0.15, 0.2) is 11.6 Å². The van der Waals surface area contributed by atoms with Crippen molar-refractivity contribution < 1.29 is 14.3 Å². The summed E-state index contributed by atoms with van der Waals surface area (Å²) in [5, 5.41) is 17.6. The molecule has 0 amide bonds. The molecular formula is C17H13ClFN3O2. The van der Waals surface area contributed by atoms with Crippen molar-refractivity contribution in [3.8, 4) is 5.69 Å². The van der Waals surface area contributed by atoms with Crippen molar-refractivity contribution >= 4 is 17.4 Å². The molecule has 3 rings (SSSR count). The summed E-state index contributed by atoms with van der Waals surface area (Å²) in [6, 6.07) is 10.4. The Bertz CT molecular complexity index is 924. The molecule has 24 heavy (non-hydrogen) atoms. The van der Waals surface area contributed by atoms with Crippen LogP contribution in [0, 0.1) is 12.7 Å². The van der Waals surface area contributed by atoms with Crippen LogP contribution < -0.4 is 0 Å². The fourth-order valence-corrected chi connectivity index (χ4v) is 2.67. The van der Waals surface area contributed by atoms with E-state index in [4.69, 9.17) is 11.6 Å². The zero-order valence-electron chi connectivity index (χ0n) is 12.7. The monoisotopic (exact) mass is 345 g/mol. The van der Waals surface area contributed by atoms with Crippen LogP contribution >= 0.6 is 11.6 Å². The first-order valence-corrected chi connectivity index (χ1v) is 7.51. The van der Waals surface area contributed by atoms with Crippen molar-refractivity contribution in [2.75, 3.05) is 0 Å². The van der Waals surface area contributed by atoms with Gasteiger partial charge in [-0.25, -0.2) is 4.39 Å². The number of aryl methyl sites for hydroxylation is 1. The molecule has 3 aromatic rings. The number of halogens is 2. The van der Waals surface area contributed by atoms with Crippen LogP contribution in [0.15, 0.2) is 42.5 Å². The van der Waals surface area contributed by atoms with E-state index in [9.17, 15) is 14.3 Å². The van der Waals surface area contributed by atoms with Gasteiger partial charge in [0.05, 0.1) is 11.3 Å². The first kappa shape index (κ1) is 16.3. The van der Waals surface area contributed by atoms with Gasteiger partial charge < -0.3 is 5.11 Å². The molecule has 0 aliphatic heterocycles. The second-order valence-corrected chi connectivity index (χ2v) is 5.56. The van der Waals surface area contributed by atoms with Gasteiger partial charge >= 0.3 is 0 Å². The van der Waals surface area contributed by atoms with E-state index in [0.717, 1.165) is 0 Å². The van der Waals surface area contributed by atoms with Gasteiger partial charge in [-0.2, -0.15) is 0 Å². The van der Waals surface area contributed by atoms with Gasteiger partial charge in [0.2, 0.25) is 0 Å². The Morgan fingerprint density at radius 3 is 2.67 bits per heavy atom. The summed E-state index contributed by atoms with van der Waals surface area (Å²) in [6.07, 6.45) is 0. The normalized spacial score (nSPS) is 10.8. The van der Waals surface area contributed by atoms with E-state index in [1.807, 2.05) is 0 Å². The topological polar surface area (TPSA) is 68.0 Å². The van der Waals surface area contributed by atoms with E-state index in [2.05, 4.69) is 10.2 Å². The molecule has 0 saturated carbocycles. The third kappa shape index (κ3) is 2.81. The lowest BCUT2D eigenvalue weighted by Crippen LogP contribution is -2.12. The lowest BCUT2D eigenvalue weighted by atomic mass is 10.0. The molecule has 0 aliphatic rings. The quantitative estimate of drug-likeness (QED) is 0.738. The van der Waals surface area contributed by atoms with Crippen LogP contribution in [0.1, 0.15) is 27.6 Å². The Labute approximate surface area is 142 Å². The highest BCUT2D eigenvalue weighted by atomic mass is 35.5. The number of carbonyl (C=O) groups is 1. The standard InChI is InChI=1S/C17H13ClFN3O2/c1-10-20-21-16(9-23)22(10)15-7-6-11(18)8-13(15)17(24)12-4-2-3-5-14(12)19/h2-8,23H,9H2,1H3. The molecule has 0 atom stereocenters. The van der Waals surface area contributed by atoms with Gasteiger partial charge in [-0.05, 0) is 37.3 Å². The summed E-state index contributed by atoms with van der Waals surface area (Å²) in [5.41, 5.74) is 0.571. The number of benzene rings is 2. The Balaban J connectivity index is 2.22. The van der Waals surface area contributed by atoms with E-state index in [-0.39, 0.29) is 23.6 Å². The van der Waals surface area contributed by atoms with E-state index in [1.54, 1.807) is 29.7 Å². The Morgan fingerprint density at radius 1 is 1.21 bits per heavy atom. The molecule has 0 radical (unpaired) electrons. The SMILES string of the molecule is Cc1nnc(CO)n1-c1ccc(Cl)cc1C(=O)c1ccccc1F. The van der Waals surface area contributed by atoms with Crippen molar-refractivity contribution in [1.82, 2.24) is 14.8 Å². The number of rotatable bonds is 4. The largest absolute Gasteiger partial charge is 0.388 e. The number of aromatic nitrogens is 3. The number of aliphatic hydroxyl groups excluding tert-OH is 1. The number of hydrogen-bond acceptors (Lipinski definition) is 4. The molecule has 1 aromatic heterocycles. The van der Waals surface area contributed by atoms with E-state index < -0.39 is 11.6 Å². The molecule has 0 bridgehead atoms. The second kappa shape index (κ2) is 6.51. The molecule has 7 heteroatoms. The second-order valence-electron chi connectivity index (χ2n) is 5.13. The summed E-state index contributed by atoms with van der Waals surface area (Å²) >= 11 is 6.03. The van der Waals surface area contributed by atoms with E-state index in [1.165, 1.54) is 24.3 Å². The maximum Gasteiger partial charge on any atom is 0.198 e. The minimum atomic E-state index is -0.615. The summed E-state index contributed by atoms with van der Waals surface area (Å²) < 4.78 is 15.5. The summed E-state index contributed by atoms with van der Waals surface area (Å²) in [4.78, 5) is 12.8. The van der Waals surface area contributed by atoms with Crippen molar-refractivity contribution in [1.29, 1.82) is 0 Å². The smallest absolute Gasteiger partial charge is 0.198 e. The highest BCUT2D eigenvalue weighted by Gasteiger charge is 2.21. The van der Waals surface area contributed by atoms with Gasteiger partial charge in [0.25, 0.3) is 0 Å². The van der Waals surface area contributed by atoms with Gasteiger partial charge in [-0.1, -0.05) is 23.7 Å². The Hall–Kier alpha value is -2.57. The molecule has 122 valence electrons. The predicted octanol–water partition coefficient (Wildman–Crippen LogP) is 3.09. The molecule has 2 aromatic carbocycles. The minimum absolute atomic E-state index is 0.0581. The van der Waals surface area contributed by atoms with Gasteiger partial charge in [0, 0.05) is 10.6 Å². The molecular weight excluding hydrogens is 333 g/mol. The number of nitrogens with zero attached hydrogens (tertiary/aromatic N) is 3. The molecule has 0 unspecified atom stereocenters. The number of aliphatic hydroxyl groups is 1. The summed E-state index contributed by atoms with van der Waals surface area (Å²) in [5.74, 6) is -0.361. The van der Waals surface area contributed by atoms with Crippen LogP contribution in [0.25, 0.3) is 5.69 Å². The predicted molar refractivity (Wildman–Crippen MR) is 86.9 cm³/mol. The number of hydrogen-bond donors (Lipinski definition) is 1. The summed E-state index contributed by atoms with van der Waals surface area (Å²) in [6.45, 7) is 1.34. The maximum atomic E-state index is 14.0. The lowest BCUT2D eigenvalue weighted by molar-refractivity contribution is 0.103. The van der Waals surface area contributed by atoms with Gasteiger partial charge in [-0.15, -0.1) is 10.2 Å². The van der Waals surface area contributed by atoms with E-state index in [0.29, 0.717) is 16.5 Å². The van der Waals surface area contributed by atoms with Crippen LogP contribution in [0.2, 0.25) is 5.02 Å². The molecule has 1 N–H and O–H groups in total. The first-order chi connectivity index (χ1) is 11.5. The third-order valence-electron chi connectivity index (χ3n) is 3.60. The van der Waals surface area contributed by atoms with E-state index >= 15 is 0 Å². The van der Waals surface area contributed by atoms with Crippen molar-refractivity contribution in [3.63, 3.8) is 0 Å². The van der Waals surface area contributed by atoms with Crippen LogP contribution in [0.3, 0.4) is 0 Å². The van der Waals surface area contributed by atoms with Crippen LogP contribution in [-0.2, 0) is 6.61 Å². The molecule has 5 nitrogen and oxygen atoms in total. The maximum absolute atomic E-state index is 14.0. The fraction of sp³-hybridized carbons (Fsp3) is 0.118. The Morgan fingerprint density at radius 2 is 1.96 bits per heavy atom. The average molecular weight is 346 g/mol. The highest BCUT2D eigenvalue weighted by Crippen LogP contribution is 2.25. The molecule has 0 fully saturated rings. The Kier molecular flexibility index (Phi) is 4.42. The van der Waals surface area contributed by atoms with Crippen LogP contribution in [0.5, 0.6) is 0 Å². The molecule has 0 aliphatic carbocycles. The highest BCUT2D eigenvalue weighted by molar-refractivity contribution is 6.31. The van der Waals surface area contributed by atoms with Gasteiger partial charge in [0.1, 0.15) is 18.2 Å². The zero-order valence-corrected chi connectivity index (χ0v) is 13.5. The molecule has 1 heterocycles. The summed E-state index contributed by atoms with van der Waals surface area (Å²) in [7, 11) is 0. The lowest BCUT2D eigenvalue weighted by Gasteiger charge is -2.13. The number of ketones is 1. The number of carbonyl (C=O) groups excluding carboxylic acids is 1. The van der Waals surface area contributed by atoms with Crippen molar-refractivity contribution in [2.45, 2.75) is 13.5 Å². The van der Waals surface area contributed by atoms with Crippen LogP contribution in [0.4, 0.5) is 4.39 Å². The minimum Gasteiger partial charge on any atom is -0.388 e. The average Bonchev–Trinajstić information content (AvgIpc) is 2.95. The van der Waals surface area contributed by atoms with Crippen LogP contribution in [-0.4, -0.2) is 25.7 Å². The van der Waals surface area contributed by atoms with Crippen molar-refractivity contribution in [2.24, 2.45) is 0 Å². The van der Waals surface area contributed by atoms with Crippen molar-refractivity contribution in [3.05, 3.63) is 76.1 Å². The first-order valence-electron chi connectivity index (χ1n) is 7.14. The third-order valence-corrected chi connectivity index (χ3v) is 3.83. The molecule has 0 saturated heterocycles.